The number of hydrogen-bond donors (Lipinski definition) is 2. The third kappa shape index (κ3) is 3.43. The number of aromatic amines is 1. The van der Waals surface area contributed by atoms with Gasteiger partial charge in [0.05, 0.1) is 11.7 Å². The molecular formula is C19H22N2O4. The SMILES string of the molecule is Cc1[nH]ccc1C(=O)NC1CCC(Oc2ccc3c(c2)OCO3)CC1. The van der Waals surface area contributed by atoms with E-state index in [9.17, 15) is 4.79 Å². The first kappa shape index (κ1) is 15.9. The molecule has 0 spiro atoms. The highest BCUT2D eigenvalue weighted by atomic mass is 16.7. The molecule has 2 aliphatic rings. The Kier molecular flexibility index (Phi) is 4.26. The van der Waals surface area contributed by atoms with Crippen molar-refractivity contribution in [3.8, 4) is 17.2 Å². The lowest BCUT2D eigenvalue weighted by Gasteiger charge is -2.29. The number of aryl methyl sites for hydroxylation is 1. The molecule has 0 bridgehead atoms. The van der Waals surface area contributed by atoms with Crippen molar-refractivity contribution in [2.24, 2.45) is 0 Å². The Morgan fingerprint density at radius 3 is 2.72 bits per heavy atom. The van der Waals surface area contributed by atoms with Crippen LogP contribution in [-0.4, -0.2) is 29.8 Å². The monoisotopic (exact) mass is 342 g/mol. The van der Waals surface area contributed by atoms with Gasteiger partial charge in [-0.25, -0.2) is 0 Å². The Morgan fingerprint density at radius 1 is 1.16 bits per heavy atom. The molecule has 0 saturated heterocycles. The van der Waals surface area contributed by atoms with Crippen LogP contribution in [0.5, 0.6) is 17.2 Å². The molecule has 0 atom stereocenters. The lowest BCUT2D eigenvalue weighted by atomic mass is 9.92. The predicted octanol–water partition coefficient (Wildman–Crippen LogP) is 3.17. The molecule has 4 rings (SSSR count). The highest BCUT2D eigenvalue weighted by molar-refractivity contribution is 5.95. The molecular weight excluding hydrogens is 320 g/mol. The minimum atomic E-state index is -0.00103. The van der Waals surface area contributed by atoms with E-state index < -0.39 is 0 Å². The maximum Gasteiger partial charge on any atom is 0.253 e. The largest absolute Gasteiger partial charge is 0.490 e. The van der Waals surface area contributed by atoms with Crippen LogP contribution in [0.4, 0.5) is 0 Å². The van der Waals surface area contributed by atoms with Crippen LogP contribution < -0.4 is 19.5 Å². The molecule has 1 fully saturated rings. The number of carbonyl (C=O) groups is 1. The Labute approximate surface area is 146 Å². The van der Waals surface area contributed by atoms with Gasteiger partial charge >= 0.3 is 0 Å². The maximum absolute atomic E-state index is 12.3. The molecule has 2 heterocycles. The molecule has 6 nitrogen and oxygen atoms in total. The molecule has 1 aromatic carbocycles. The van der Waals surface area contributed by atoms with Crippen molar-refractivity contribution >= 4 is 5.91 Å². The summed E-state index contributed by atoms with van der Waals surface area (Å²) in [6.07, 6.45) is 5.65. The number of amides is 1. The van der Waals surface area contributed by atoms with Crippen molar-refractivity contribution in [2.45, 2.75) is 44.8 Å². The number of ether oxygens (including phenoxy) is 3. The highest BCUT2D eigenvalue weighted by Crippen LogP contribution is 2.36. The molecule has 25 heavy (non-hydrogen) atoms. The zero-order chi connectivity index (χ0) is 17.2. The van der Waals surface area contributed by atoms with E-state index in [0.29, 0.717) is 0 Å². The molecule has 0 unspecified atom stereocenters. The van der Waals surface area contributed by atoms with Gasteiger partial charge in [-0.1, -0.05) is 0 Å². The number of benzene rings is 1. The fourth-order valence-corrected chi connectivity index (χ4v) is 3.43. The van der Waals surface area contributed by atoms with Gasteiger partial charge in [0, 0.05) is 24.0 Å². The van der Waals surface area contributed by atoms with Crippen LogP contribution in [0.15, 0.2) is 30.5 Å². The van der Waals surface area contributed by atoms with Crippen LogP contribution in [-0.2, 0) is 0 Å². The molecule has 0 radical (unpaired) electrons. The Hall–Kier alpha value is -2.63. The zero-order valence-corrected chi connectivity index (χ0v) is 14.2. The Balaban J connectivity index is 1.28. The third-order valence-corrected chi connectivity index (χ3v) is 4.85. The minimum absolute atomic E-state index is 0.00103. The molecule has 1 saturated carbocycles. The first-order valence-corrected chi connectivity index (χ1v) is 8.70. The first-order valence-electron chi connectivity index (χ1n) is 8.70. The standard InChI is InChI=1S/C19H22N2O4/c1-12-16(8-9-20-12)19(22)21-13-2-4-14(5-3-13)25-15-6-7-17-18(10-15)24-11-23-17/h6-10,13-14,20H,2-5,11H2,1H3,(H,21,22). The van der Waals surface area contributed by atoms with E-state index in [1.807, 2.05) is 31.2 Å². The van der Waals surface area contributed by atoms with E-state index in [4.69, 9.17) is 14.2 Å². The van der Waals surface area contributed by atoms with Crippen LogP contribution >= 0.6 is 0 Å². The van der Waals surface area contributed by atoms with Crippen molar-refractivity contribution in [2.75, 3.05) is 6.79 Å². The van der Waals surface area contributed by atoms with Gasteiger partial charge < -0.3 is 24.5 Å². The van der Waals surface area contributed by atoms with Gasteiger partial charge in [-0.15, -0.1) is 0 Å². The van der Waals surface area contributed by atoms with E-state index in [2.05, 4.69) is 10.3 Å². The van der Waals surface area contributed by atoms with Crippen molar-refractivity contribution in [3.63, 3.8) is 0 Å². The second-order valence-corrected chi connectivity index (χ2v) is 6.60. The molecule has 1 aliphatic carbocycles. The average Bonchev–Trinajstić information content (AvgIpc) is 3.25. The first-order chi connectivity index (χ1) is 12.2. The molecule has 1 aromatic heterocycles. The summed E-state index contributed by atoms with van der Waals surface area (Å²) in [6.45, 7) is 2.18. The average molecular weight is 342 g/mol. The van der Waals surface area contributed by atoms with Gasteiger partial charge in [0.1, 0.15) is 5.75 Å². The summed E-state index contributed by atoms with van der Waals surface area (Å²) in [5, 5.41) is 3.13. The topological polar surface area (TPSA) is 72.6 Å². The van der Waals surface area contributed by atoms with Gasteiger partial charge in [-0.2, -0.15) is 0 Å². The number of aromatic nitrogens is 1. The summed E-state index contributed by atoms with van der Waals surface area (Å²) in [5.74, 6) is 2.30. The Bertz CT molecular complexity index is 763. The summed E-state index contributed by atoms with van der Waals surface area (Å²) < 4.78 is 16.8. The molecule has 132 valence electrons. The van der Waals surface area contributed by atoms with Crippen molar-refractivity contribution < 1.29 is 19.0 Å². The quantitative estimate of drug-likeness (QED) is 0.895. The van der Waals surface area contributed by atoms with Crippen molar-refractivity contribution in [3.05, 3.63) is 41.7 Å². The van der Waals surface area contributed by atoms with Crippen LogP contribution in [0, 0.1) is 6.92 Å². The summed E-state index contributed by atoms with van der Waals surface area (Å²) in [6, 6.07) is 7.70. The van der Waals surface area contributed by atoms with Crippen molar-refractivity contribution in [1.29, 1.82) is 0 Å². The van der Waals surface area contributed by atoms with Crippen LogP contribution in [0.1, 0.15) is 41.7 Å². The lowest BCUT2D eigenvalue weighted by Crippen LogP contribution is -2.39. The maximum atomic E-state index is 12.3. The van der Waals surface area contributed by atoms with Crippen LogP contribution in [0.2, 0.25) is 0 Å². The zero-order valence-electron chi connectivity index (χ0n) is 14.2. The van der Waals surface area contributed by atoms with Crippen LogP contribution in [0.3, 0.4) is 0 Å². The summed E-state index contributed by atoms with van der Waals surface area (Å²) >= 11 is 0. The lowest BCUT2D eigenvalue weighted by molar-refractivity contribution is 0.0893. The summed E-state index contributed by atoms with van der Waals surface area (Å²) in [4.78, 5) is 15.3. The summed E-state index contributed by atoms with van der Waals surface area (Å²) in [7, 11) is 0. The van der Waals surface area contributed by atoms with Crippen LogP contribution in [0.25, 0.3) is 0 Å². The van der Waals surface area contributed by atoms with Gasteiger partial charge in [0.15, 0.2) is 11.5 Å². The molecule has 1 aliphatic heterocycles. The normalized spacial score (nSPS) is 21.8. The van der Waals surface area contributed by atoms with Gasteiger partial charge in [0.25, 0.3) is 5.91 Å². The van der Waals surface area contributed by atoms with Gasteiger partial charge in [0.2, 0.25) is 6.79 Å². The molecule has 1 amide bonds. The number of fused-ring (bicyclic) bond motifs is 1. The molecule has 6 heteroatoms. The number of rotatable bonds is 4. The molecule has 2 N–H and O–H groups in total. The number of hydrogen-bond acceptors (Lipinski definition) is 4. The van der Waals surface area contributed by atoms with Gasteiger partial charge in [-0.3, -0.25) is 4.79 Å². The fraction of sp³-hybridized carbons (Fsp3) is 0.421. The predicted molar refractivity (Wildman–Crippen MR) is 92.2 cm³/mol. The fourth-order valence-electron chi connectivity index (χ4n) is 3.43. The third-order valence-electron chi connectivity index (χ3n) is 4.85. The molecule has 2 aromatic rings. The van der Waals surface area contributed by atoms with E-state index >= 15 is 0 Å². The van der Waals surface area contributed by atoms with E-state index in [-0.39, 0.29) is 24.8 Å². The van der Waals surface area contributed by atoms with E-state index in [1.165, 1.54) is 0 Å². The highest BCUT2D eigenvalue weighted by Gasteiger charge is 2.25. The summed E-state index contributed by atoms with van der Waals surface area (Å²) in [5.41, 5.74) is 1.62. The van der Waals surface area contributed by atoms with Gasteiger partial charge in [-0.05, 0) is 50.8 Å². The minimum Gasteiger partial charge on any atom is -0.490 e. The van der Waals surface area contributed by atoms with Crippen molar-refractivity contribution in [1.82, 2.24) is 10.3 Å². The van der Waals surface area contributed by atoms with E-state index in [0.717, 1.165) is 54.2 Å². The number of H-pyrrole nitrogens is 1. The number of nitrogens with one attached hydrogen (secondary N) is 2. The number of carbonyl (C=O) groups excluding carboxylic acids is 1. The second-order valence-electron chi connectivity index (χ2n) is 6.60. The second kappa shape index (κ2) is 6.70. The van der Waals surface area contributed by atoms with E-state index in [1.54, 1.807) is 6.20 Å². The Morgan fingerprint density at radius 2 is 1.96 bits per heavy atom. The smallest absolute Gasteiger partial charge is 0.253 e.